The molecule has 2 aromatic rings. The molecule has 0 spiro atoms. The smallest absolute Gasteiger partial charge is 0.247 e. The normalized spacial score (nSPS) is 17.7. The zero-order valence-corrected chi connectivity index (χ0v) is 14.7. The summed E-state index contributed by atoms with van der Waals surface area (Å²) < 4.78 is 0.627. The van der Waals surface area contributed by atoms with Crippen molar-refractivity contribution in [3.05, 3.63) is 59.7 Å². The Hall–Kier alpha value is -1.85. The van der Waals surface area contributed by atoms with Crippen LogP contribution < -0.4 is 10.2 Å². The van der Waals surface area contributed by atoms with E-state index in [1.807, 2.05) is 56.3 Å². The number of carbonyl (C=O) groups is 1. The van der Waals surface area contributed by atoms with Crippen molar-refractivity contribution < 1.29 is 4.79 Å². The van der Waals surface area contributed by atoms with Gasteiger partial charge in [-0.1, -0.05) is 59.9 Å². The minimum Gasteiger partial charge on any atom is -0.383 e. The van der Waals surface area contributed by atoms with Gasteiger partial charge in [0.25, 0.3) is 0 Å². The van der Waals surface area contributed by atoms with Crippen LogP contribution in [-0.4, -0.2) is 22.0 Å². The van der Waals surface area contributed by atoms with Gasteiger partial charge < -0.3 is 5.32 Å². The van der Waals surface area contributed by atoms with E-state index < -0.39 is 0 Å². The lowest BCUT2D eigenvalue weighted by Gasteiger charge is -2.18. The molecule has 0 aromatic heterocycles. The number of nitrogens with zero attached hydrogens (tertiary/aromatic N) is 1. The fourth-order valence-corrected chi connectivity index (χ4v) is 4.07. The molecule has 1 heterocycles. The summed E-state index contributed by atoms with van der Waals surface area (Å²) in [5.41, 5.74) is 4.15. The Morgan fingerprint density at radius 3 is 2.61 bits per heavy atom. The SMILES string of the molecule is Cc1ccc(N2C(=O)C(CNc3ccccc3)SC2=S)c(C)c1. The molecule has 5 heteroatoms. The minimum absolute atomic E-state index is 0.0513. The quantitative estimate of drug-likeness (QED) is 0.846. The van der Waals surface area contributed by atoms with Gasteiger partial charge in [0.05, 0.1) is 5.69 Å². The summed E-state index contributed by atoms with van der Waals surface area (Å²) in [5, 5.41) is 3.11. The molecule has 1 unspecified atom stereocenters. The van der Waals surface area contributed by atoms with Crippen LogP contribution in [0.1, 0.15) is 11.1 Å². The highest BCUT2D eigenvalue weighted by Crippen LogP contribution is 2.34. The number of thioether (sulfide) groups is 1. The van der Waals surface area contributed by atoms with Gasteiger partial charge in [0.2, 0.25) is 5.91 Å². The second kappa shape index (κ2) is 6.72. The van der Waals surface area contributed by atoms with Crippen molar-refractivity contribution in [1.29, 1.82) is 0 Å². The molecule has 3 rings (SSSR count). The van der Waals surface area contributed by atoms with E-state index in [2.05, 4.69) is 11.4 Å². The summed E-state index contributed by atoms with van der Waals surface area (Å²) in [7, 11) is 0. The van der Waals surface area contributed by atoms with E-state index in [4.69, 9.17) is 12.2 Å². The Balaban J connectivity index is 1.75. The van der Waals surface area contributed by atoms with Crippen LogP contribution in [0.25, 0.3) is 0 Å². The van der Waals surface area contributed by atoms with Gasteiger partial charge in [-0.3, -0.25) is 9.69 Å². The summed E-state index contributed by atoms with van der Waals surface area (Å²) in [6.45, 7) is 4.62. The maximum atomic E-state index is 12.8. The Morgan fingerprint density at radius 2 is 1.91 bits per heavy atom. The van der Waals surface area contributed by atoms with Crippen molar-refractivity contribution in [2.45, 2.75) is 19.1 Å². The summed E-state index contributed by atoms with van der Waals surface area (Å²) in [6.07, 6.45) is 0. The van der Waals surface area contributed by atoms with Gasteiger partial charge >= 0.3 is 0 Å². The highest BCUT2D eigenvalue weighted by Gasteiger charge is 2.38. The van der Waals surface area contributed by atoms with Gasteiger partial charge in [-0.15, -0.1) is 0 Å². The molecule has 0 bridgehead atoms. The topological polar surface area (TPSA) is 32.3 Å². The van der Waals surface area contributed by atoms with Crippen molar-refractivity contribution in [2.75, 3.05) is 16.8 Å². The summed E-state index contributed by atoms with van der Waals surface area (Å²) in [6, 6.07) is 16.0. The maximum Gasteiger partial charge on any atom is 0.247 e. The van der Waals surface area contributed by atoms with E-state index in [1.165, 1.54) is 17.3 Å². The van der Waals surface area contributed by atoms with E-state index in [1.54, 1.807) is 4.90 Å². The van der Waals surface area contributed by atoms with Crippen molar-refractivity contribution in [3.8, 4) is 0 Å². The summed E-state index contributed by atoms with van der Waals surface area (Å²) in [4.78, 5) is 14.4. The van der Waals surface area contributed by atoms with Crippen LogP contribution in [0.15, 0.2) is 48.5 Å². The fourth-order valence-electron chi connectivity index (χ4n) is 2.63. The van der Waals surface area contributed by atoms with Gasteiger partial charge in [0.15, 0.2) is 0 Å². The van der Waals surface area contributed by atoms with Crippen molar-refractivity contribution in [2.24, 2.45) is 0 Å². The number of thiocarbonyl (C=S) groups is 1. The molecule has 1 saturated heterocycles. The zero-order valence-electron chi connectivity index (χ0n) is 13.1. The van der Waals surface area contributed by atoms with Crippen molar-refractivity contribution in [1.82, 2.24) is 0 Å². The number of hydrogen-bond donors (Lipinski definition) is 1. The molecule has 1 atom stereocenters. The van der Waals surface area contributed by atoms with Gasteiger partial charge in [-0.05, 0) is 37.6 Å². The molecular weight excluding hydrogens is 324 g/mol. The number of para-hydroxylation sites is 1. The van der Waals surface area contributed by atoms with Crippen molar-refractivity contribution in [3.63, 3.8) is 0 Å². The number of hydrogen-bond acceptors (Lipinski definition) is 4. The molecule has 1 N–H and O–H groups in total. The molecule has 118 valence electrons. The predicted octanol–water partition coefficient (Wildman–Crippen LogP) is 4.15. The predicted molar refractivity (Wildman–Crippen MR) is 102 cm³/mol. The zero-order chi connectivity index (χ0) is 16.4. The molecule has 1 amide bonds. The fraction of sp³-hybridized carbons (Fsp3) is 0.222. The standard InChI is InChI=1S/C18H18N2OS2/c1-12-8-9-15(13(2)10-12)20-17(21)16(23-18(20)22)11-19-14-6-4-3-5-7-14/h3-10,16,19H,11H2,1-2H3. The van der Waals surface area contributed by atoms with E-state index >= 15 is 0 Å². The van der Waals surface area contributed by atoms with Crippen LogP contribution in [0.3, 0.4) is 0 Å². The molecule has 0 radical (unpaired) electrons. The van der Waals surface area contributed by atoms with Gasteiger partial charge in [-0.2, -0.15) is 0 Å². The molecule has 0 saturated carbocycles. The third kappa shape index (κ3) is 3.41. The lowest BCUT2D eigenvalue weighted by atomic mass is 10.1. The van der Waals surface area contributed by atoms with Crippen LogP contribution in [0.4, 0.5) is 11.4 Å². The molecule has 1 fully saturated rings. The first-order chi connectivity index (χ1) is 11.1. The number of benzene rings is 2. The van der Waals surface area contributed by atoms with Crippen molar-refractivity contribution >= 4 is 45.6 Å². The second-order valence-corrected chi connectivity index (χ2v) is 7.42. The monoisotopic (exact) mass is 342 g/mol. The number of anilines is 2. The molecule has 0 aliphatic carbocycles. The van der Waals surface area contributed by atoms with Gasteiger partial charge in [0.1, 0.15) is 9.57 Å². The van der Waals surface area contributed by atoms with Crippen LogP contribution in [-0.2, 0) is 4.79 Å². The van der Waals surface area contributed by atoms with Gasteiger partial charge in [-0.25, -0.2) is 0 Å². The van der Waals surface area contributed by atoms with Crippen LogP contribution >= 0.6 is 24.0 Å². The number of amides is 1. The van der Waals surface area contributed by atoms with Crippen LogP contribution in [0.2, 0.25) is 0 Å². The highest BCUT2D eigenvalue weighted by atomic mass is 32.2. The summed E-state index contributed by atoms with van der Waals surface area (Å²) >= 11 is 6.89. The molecule has 3 nitrogen and oxygen atoms in total. The highest BCUT2D eigenvalue weighted by molar-refractivity contribution is 8.25. The lowest BCUT2D eigenvalue weighted by Crippen LogP contribution is -2.34. The first-order valence-electron chi connectivity index (χ1n) is 7.47. The Kier molecular flexibility index (Phi) is 4.68. The third-order valence-electron chi connectivity index (χ3n) is 3.78. The van der Waals surface area contributed by atoms with E-state index in [-0.39, 0.29) is 11.2 Å². The molecule has 1 aliphatic heterocycles. The number of carbonyl (C=O) groups excluding carboxylic acids is 1. The van der Waals surface area contributed by atoms with E-state index in [0.29, 0.717) is 10.9 Å². The van der Waals surface area contributed by atoms with Crippen LogP contribution in [0.5, 0.6) is 0 Å². The Labute approximate surface area is 146 Å². The molecule has 1 aliphatic rings. The summed E-state index contributed by atoms with van der Waals surface area (Å²) in [5.74, 6) is 0.0513. The first kappa shape index (κ1) is 16.0. The molecular formula is C18H18N2OS2. The maximum absolute atomic E-state index is 12.8. The number of nitrogens with one attached hydrogen (secondary N) is 1. The number of aryl methyl sites for hydroxylation is 2. The minimum atomic E-state index is -0.191. The van der Waals surface area contributed by atoms with Gasteiger partial charge in [0, 0.05) is 12.2 Å². The third-order valence-corrected chi connectivity index (χ3v) is 5.29. The largest absolute Gasteiger partial charge is 0.383 e. The average molecular weight is 342 g/mol. The molecule has 2 aromatic carbocycles. The average Bonchev–Trinajstić information content (AvgIpc) is 2.81. The van der Waals surface area contributed by atoms with E-state index in [9.17, 15) is 4.79 Å². The van der Waals surface area contributed by atoms with E-state index in [0.717, 1.165) is 16.9 Å². The second-order valence-electron chi connectivity index (χ2n) is 5.58. The Morgan fingerprint density at radius 1 is 1.17 bits per heavy atom. The van der Waals surface area contributed by atoms with Crippen LogP contribution in [0, 0.1) is 13.8 Å². The Bertz CT molecular complexity index is 746. The first-order valence-corrected chi connectivity index (χ1v) is 8.76. The number of rotatable bonds is 4. The lowest BCUT2D eigenvalue weighted by molar-refractivity contribution is -0.116. The molecule has 23 heavy (non-hydrogen) atoms.